The van der Waals surface area contributed by atoms with Crippen molar-refractivity contribution < 1.29 is 0 Å². The molecule has 0 aromatic rings. The van der Waals surface area contributed by atoms with Crippen molar-refractivity contribution in [2.75, 3.05) is 0 Å². The van der Waals surface area contributed by atoms with Crippen molar-refractivity contribution in [3.8, 4) is 0 Å². The second-order valence-corrected chi connectivity index (χ2v) is 2.30. The first-order valence-electron chi connectivity index (χ1n) is 4.53. The average Bonchev–Trinajstić information content (AvgIpc) is 2.16. The summed E-state index contributed by atoms with van der Waals surface area (Å²) in [5.41, 5.74) is 2.26. The summed E-state index contributed by atoms with van der Waals surface area (Å²) >= 11 is 0. The van der Waals surface area contributed by atoms with Crippen LogP contribution in [0, 0.1) is 0 Å². The van der Waals surface area contributed by atoms with Gasteiger partial charge in [-0.25, -0.2) is 0 Å². The summed E-state index contributed by atoms with van der Waals surface area (Å²) in [5.74, 6) is 0. The highest BCUT2D eigenvalue weighted by Crippen LogP contribution is 1.94. The molecular formula is C11H21N. The van der Waals surface area contributed by atoms with E-state index in [1.54, 1.807) is 6.08 Å². The summed E-state index contributed by atoms with van der Waals surface area (Å²) in [6.07, 6.45) is 4.65. The van der Waals surface area contributed by atoms with Gasteiger partial charge >= 0.3 is 0 Å². The molecule has 0 heterocycles. The van der Waals surface area contributed by atoms with Gasteiger partial charge in [-0.1, -0.05) is 33.4 Å². The molecule has 0 saturated heterocycles. The SMILES string of the molecule is C=C/C(C)=C/N=C(C)CC.CC. The lowest BCUT2D eigenvalue weighted by Gasteiger charge is -1.90. The molecule has 12 heavy (non-hydrogen) atoms. The van der Waals surface area contributed by atoms with Crippen molar-refractivity contribution >= 4 is 5.71 Å². The fourth-order valence-electron chi connectivity index (χ4n) is 0.356. The predicted molar refractivity (Wildman–Crippen MR) is 58.7 cm³/mol. The van der Waals surface area contributed by atoms with E-state index in [0.29, 0.717) is 0 Å². The molecule has 0 N–H and O–H groups in total. The van der Waals surface area contributed by atoms with Gasteiger partial charge in [-0.3, -0.25) is 4.99 Å². The molecule has 0 spiro atoms. The monoisotopic (exact) mass is 167 g/mol. The number of hydrogen-bond acceptors (Lipinski definition) is 1. The summed E-state index contributed by atoms with van der Waals surface area (Å²) in [6.45, 7) is 13.7. The number of rotatable bonds is 3. The largest absolute Gasteiger partial charge is 0.266 e. The second-order valence-electron chi connectivity index (χ2n) is 2.30. The standard InChI is InChI=1S/C9H15N.C2H6/c1-5-8(3)7-10-9(4)6-2;1-2/h5,7H,1,6H2,2-4H3;1-2H3/b8-7+,10-9?;. The van der Waals surface area contributed by atoms with Crippen molar-refractivity contribution in [1.82, 2.24) is 0 Å². The Bertz CT molecular complexity index is 164. The van der Waals surface area contributed by atoms with Crippen LogP contribution in [0.4, 0.5) is 0 Å². The molecule has 0 fully saturated rings. The topological polar surface area (TPSA) is 12.4 Å². The number of aliphatic imine (C=N–C) groups is 1. The van der Waals surface area contributed by atoms with Gasteiger partial charge in [0.2, 0.25) is 0 Å². The van der Waals surface area contributed by atoms with Crippen LogP contribution < -0.4 is 0 Å². The molecule has 0 rings (SSSR count). The number of allylic oxidation sites excluding steroid dienone is 2. The van der Waals surface area contributed by atoms with Gasteiger partial charge in [0.1, 0.15) is 0 Å². The van der Waals surface area contributed by atoms with E-state index in [2.05, 4.69) is 18.5 Å². The van der Waals surface area contributed by atoms with E-state index in [1.165, 1.54) is 0 Å². The molecule has 0 saturated carbocycles. The fourth-order valence-corrected chi connectivity index (χ4v) is 0.356. The van der Waals surface area contributed by atoms with Crippen molar-refractivity contribution in [2.24, 2.45) is 4.99 Å². The van der Waals surface area contributed by atoms with Crippen LogP contribution in [-0.4, -0.2) is 5.71 Å². The first kappa shape index (κ1) is 13.7. The van der Waals surface area contributed by atoms with E-state index in [0.717, 1.165) is 17.7 Å². The Balaban J connectivity index is 0. The molecule has 0 atom stereocenters. The molecule has 0 aromatic carbocycles. The minimum Gasteiger partial charge on any atom is -0.266 e. The van der Waals surface area contributed by atoms with Crippen molar-refractivity contribution in [2.45, 2.75) is 41.0 Å². The van der Waals surface area contributed by atoms with E-state index in [4.69, 9.17) is 0 Å². The molecular weight excluding hydrogens is 146 g/mol. The van der Waals surface area contributed by atoms with Gasteiger partial charge in [-0.2, -0.15) is 0 Å². The van der Waals surface area contributed by atoms with Crippen LogP contribution >= 0.6 is 0 Å². The van der Waals surface area contributed by atoms with Crippen LogP contribution in [0.5, 0.6) is 0 Å². The molecule has 0 aliphatic carbocycles. The molecule has 0 unspecified atom stereocenters. The Hall–Kier alpha value is -0.850. The molecule has 1 nitrogen and oxygen atoms in total. The molecule has 70 valence electrons. The van der Waals surface area contributed by atoms with Gasteiger partial charge in [0, 0.05) is 11.9 Å². The molecule has 0 aliphatic heterocycles. The second kappa shape index (κ2) is 10.2. The fraction of sp³-hybridized carbons (Fsp3) is 0.545. The first-order chi connectivity index (χ1) is 5.70. The van der Waals surface area contributed by atoms with Gasteiger partial charge in [0.25, 0.3) is 0 Å². The Labute approximate surface area is 76.9 Å². The van der Waals surface area contributed by atoms with E-state index in [1.807, 2.05) is 33.9 Å². The van der Waals surface area contributed by atoms with Gasteiger partial charge < -0.3 is 0 Å². The Morgan fingerprint density at radius 2 is 1.83 bits per heavy atom. The molecule has 0 aliphatic rings. The van der Waals surface area contributed by atoms with Crippen LogP contribution in [0.1, 0.15) is 41.0 Å². The maximum Gasteiger partial charge on any atom is 0.0296 e. The lowest BCUT2D eigenvalue weighted by Crippen LogP contribution is -1.84. The summed E-state index contributed by atoms with van der Waals surface area (Å²) in [4.78, 5) is 4.20. The smallest absolute Gasteiger partial charge is 0.0296 e. The van der Waals surface area contributed by atoms with Gasteiger partial charge in [-0.05, 0) is 25.8 Å². The maximum atomic E-state index is 4.20. The zero-order valence-electron chi connectivity index (χ0n) is 9.02. The zero-order chi connectivity index (χ0) is 9.98. The van der Waals surface area contributed by atoms with Gasteiger partial charge in [0.15, 0.2) is 0 Å². The van der Waals surface area contributed by atoms with Crippen LogP contribution in [-0.2, 0) is 0 Å². The first-order valence-corrected chi connectivity index (χ1v) is 4.53. The Morgan fingerprint density at radius 1 is 1.33 bits per heavy atom. The molecule has 0 radical (unpaired) electrons. The average molecular weight is 167 g/mol. The third-order valence-corrected chi connectivity index (χ3v) is 1.32. The van der Waals surface area contributed by atoms with Crippen LogP contribution in [0.15, 0.2) is 29.4 Å². The third-order valence-electron chi connectivity index (χ3n) is 1.32. The van der Waals surface area contributed by atoms with Gasteiger partial charge in [-0.15, -0.1) is 0 Å². The molecule has 0 aromatic heterocycles. The third kappa shape index (κ3) is 9.15. The van der Waals surface area contributed by atoms with Crippen LogP contribution in [0.2, 0.25) is 0 Å². The minimum atomic E-state index is 1.01. The highest BCUT2D eigenvalue weighted by atomic mass is 14.7. The van der Waals surface area contributed by atoms with Crippen LogP contribution in [0.3, 0.4) is 0 Å². The van der Waals surface area contributed by atoms with E-state index in [-0.39, 0.29) is 0 Å². The normalized spacial score (nSPS) is 11.8. The van der Waals surface area contributed by atoms with Crippen molar-refractivity contribution in [3.63, 3.8) is 0 Å². The van der Waals surface area contributed by atoms with E-state index >= 15 is 0 Å². The summed E-state index contributed by atoms with van der Waals surface area (Å²) in [6, 6.07) is 0. The Morgan fingerprint density at radius 3 is 2.17 bits per heavy atom. The lowest BCUT2D eigenvalue weighted by molar-refractivity contribution is 1.25. The van der Waals surface area contributed by atoms with E-state index < -0.39 is 0 Å². The highest BCUT2D eigenvalue weighted by molar-refractivity contribution is 5.82. The summed E-state index contributed by atoms with van der Waals surface area (Å²) in [5, 5.41) is 0. The molecule has 0 amide bonds. The van der Waals surface area contributed by atoms with Crippen molar-refractivity contribution in [3.05, 3.63) is 24.4 Å². The minimum absolute atomic E-state index is 1.01. The van der Waals surface area contributed by atoms with E-state index in [9.17, 15) is 0 Å². The summed E-state index contributed by atoms with van der Waals surface area (Å²) in [7, 11) is 0. The molecule has 0 bridgehead atoms. The van der Waals surface area contributed by atoms with Crippen LogP contribution in [0.25, 0.3) is 0 Å². The Kier molecular flexibility index (Phi) is 11.6. The highest BCUT2D eigenvalue weighted by Gasteiger charge is 1.81. The van der Waals surface area contributed by atoms with Crippen molar-refractivity contribution in [1.29, 1.82) is 0 Å². The quantitative estimate of drug-likeness (QED) is 0.445. The lowest BCUT2D eigenvalue weighted by atomic mass is 10.3. The maximum absolute atomic E-state index is 4.20. The molecule has 1 heteroatoms. The predicted octanol–water partition coefficient (Wildman–Crippen LogP) is 3.97. The van der Waals surface area contributed by atoms with Gasteiger partial charge in [0.05, 0.1) is 0 Å². The summed E-state index contributed by atoms with van der Waals surface area (Å²) < 4.78 is 0. The number of nitrogens with zero attached hydrogens (tertiary/aromatic N) is 1. The number of hydrogen-bond donors (Lipinski definition) is 0. The zero-order valence-corrected chi connectivity index (χ0v) is 9.02.